The first-order valence-corrected chi connectivity index (χ1v) is 6.83. The lowest BCUT2D eigenvalue weighted by molar-refractivity contribution is -0.138. The lowest BCUT2D eigenvalue weighted by Crippen LogP contribution is -2.12. The molecule has 5 nitrogen and oxygen atoms in total. The van der Waals surface area contributed by atoms with Gasteiger partial charge in [-0.3, -0.25) is 0 Å². The molecule has 1 rings (SSSR count). The predicted molar refractivity (Wildman–Crippen MR) is 79.4 cm³/mol. The molecule has 1 aromatic carbocycles. The van der Waals surface area contributed by atoms with E-state index in [0.29, 0.717) is 6.54 Å². The number of ether oxygens (including phenoxy) is 2. The smallest absolute Gasteiger partial charge is 0.350 e. The Balaban J connectivity index is 2.55. The standard InChI is InChI=1S/C16H20N2O3/c1-4-20-16(19)14(9-17)11-18-10-13-5-7-15(8-6-13)21-12(2)3/h5-8,11-12,18H,4,10H2,1-3H3/b14-11-. The number of nitriles is 1. The number of carbonyl (C=O) groups excluding carboxylic acids is 1. The normalized spacial score (nSPS) is 10.9. The van der Waals surface area contributed by atoms with Gasteiger partial charge in [0.2, 0.25) is 0 Å². The van der Waals surface area contributed by atoms with E-state index in [0.717, 1.165) is 11.3 Å². The molecule has 0 unspecified atom stereocenters. The van der Waals surface area contributed by atoms with Crippen LogP contribution in [-0.2, 0) is 16.1 Å². The molecular weight excluding hydrogens is 268 g/mol. The van der Waals surface area contributed by atoms with Crippen molar-refractivity contribution >= 4 is 5.97 Å². The third-order valence-electron chi connectivity index (χ3n) is 2.46. The Kier molecular flexibility index (Phi) is 6.82. The van der Waals surface area contributed by atoms with Crippen molar-refractivity contribution in [2.24, 2.45) is 0 Å². The molecule has 0 aliphatic heterocycles. The Morgan fingerprint density at radius 1 is 1.38 bits per heavy atom. The van der Waals surface area contributed by atoms with E-state index in [4.69, 9.17) is 14.7 Å². The summed E-state index contributed by atoms with van der Waals surface area (Å²) >= 11 is 0. The number of hydrogen-bond acceptors (Lipinski definition) is 5. The van der Waals surface area contributed by atoms with Crippen molar-refractivity contribution in [1.29, 1.82) is 5.26 Å². The van der Waals surface area contributed by atoms with E-state index in [1.165, 1.54) is 6.20 Å². The summed E-state index contributed by atoms with van der Waals surface area (Å²) in [4.78, 5) is 11.4. The summed E-state index contributed by atoms with van der Waals surface area (Å²) in [5, 5.41) is 11.8. The summed E-state index contributed by atoms with van der Waals surface area (Å²) in [7, 11) is 0. The Labute approximate surface area is 125 Å². The van der Waals surface area contributed by atoms with Gasteiger partial charge >= 0.3 is 5.97 Å². The Hall–Kier alpha value is -2.48. The van der Waals surface area contributed by atoms with E-state index in [1.54, 1.807) is 6.92 Å². The van der Waals surface area contributed by atoms with Gasteiger partial charge in [-0.2, -0.15) is 5.26 Å². The first-order valence-electron chi connectivity index (χ1n) is 6.83. The monoisotopic (exact) mass is 288 g/mol. The maximum atomic E-state index is 11.4. The number of benzene rings is 1. The highest BCUT2D eigenvalue weighted by atomic mass is 16.5. The molecule has 0 atom stereocenters. The molecule has 0 aromatic heterocycles. The zero-order valence-electron chi connectivity index (χ0n) is 12.6. The van der Waals surface area contributed by atoms with Crippen LogP contribution in [0.3, 0.4) is 0 Å². The van der Waals surface area contributed by atoms with Crippen LogP contribution in [0.1, 0.15) is 26.3 Å². The van der Waals surface area contributed by atoms with E-state index in [9.17, 15) is 4.79 Å². The molecule has 0 bridgehead atoms. The van der Waals surface area contributed by atoms with Crippen LogP contribution in [0.15, 0.2) is 36.0 Å². The van der Waals surface area contributed by atoms with E-state index < -0.39 is 5.97 Å². The molecule has 0 radical (unpaired) electrons. The Bertz CT molecular complexity index is 527. The van der Waals surface area contributed by atoms with Crippen LogP contribution in [-0.4, -0.2) is 18.7 Å². The Morgan fingerprint density at radius 2 is 2.05 bits per heavy atom. The van der Waals surface area contributed by atoms with Crippen molar-refractivity contribution in [1.82, 2.24) is 5.32 Å². The first-order chi connectivity index (χ1) is 10.1. The second-order valence-corrected chi connectivity index (χ2v) is 4.58. The van der Waals surface area contributed by atoms with Gasteiger partial charge in [-0.15, -0.1) is 0 Å². The van der Waals surface area contributed by atoms with Gasteiger partial charge in [0.25, 0.3) is 0 Å². The maximum absolute atomic E-state index is 11.4. The quantitative estimate of drug-likeness (QED) is 0.474. The molecule has 21 heavy (non-hydrogen) atoms. The summed E-state index contributed by atoms with van der Waals surface area (Å²) in [6.07, 6.45) is 1.51. The second-order valence-electron chi connectivity index (χ2n) is 4.58. The van der Waals surface area contributed by atoms with Gasteiger partial charge in [-0.1, -0.05) is 12.1 Å². The van der Waals surface area contributed by atoms with Crippen molar-refractivity contribution in [3.63, 3.8) is 0 Å². The van der Waals surface area contributed by atoms with Crippen LogP contribution in [0, 0.1) is 11.3 Å². The predicted octanol–water partition coefficient (Wildman–Crippen LogP) is 2.53. The molecule has 0 aliphatic carbocycles. The highest BCUT2D eigenvalue weighted by Crippen LogP contribution is 2.13. The van der Waals surface area contributed by atoms with E-state index in [2.05, 4.69) is 5.32 Å². The van der Waals surface area contributed by atoms with Gasteiger partial charge < -0.3 is 14.8 Å². The molecule has 0 amide bonds. The van der Waals surface area contributed by atoms with E-state index >= 15 is 0 Å². The largest absolute Gasteiger partial charge is 0.491 e. The van der Waals surface area contributed by atoms with Gasteiger partial charge in [-0.25, -0.2) is 4.79 Å². The van der Waals surface area contributed by atoms with Gasteiger partial charge in [-0.05, 0) is 38.5 Å². The fraction of sp³-hybridized carbons (Fsp3) is 0.375. The average Bonchev–Trinajstić information content (AvgIpc) is 2.45. The van der Waals surface area contributed by atoms with Crippen LogP contribution >= 0.6 is 0 Å². The molecule has 112 valence electrons. The van der Waals surface area contributed by atoms with Crippen LogP contribution in [0.4, 0.5) is 0 Å². The molecule has 0 saturated heterocycles. The number of nitrogens with zero attached hydrogens (tertiary/aromatic N) is 1. The lowest BCUT2D eigenvalue weighted by atomic mass is 10.2. The Morgan fingerprint density at radius 3 is 2.57 bits per heavy atom. The van der Waals surface area contributed by atoms with Crippen molar-refractivity contribution < 1.29 is 14.3 Å². The third-order valence-corrected chi connectivity index (χ3v) is 2.46. The fourth-order valence-corrected chi connectivity index (χ4v) is 1.57. The molecule has 5 heteroatoms. The molecule has 1 N–H and O–H groups in total. The van der Waals surface area contributed by atoms with Gasteiger partial charge in [0.1, 0.15) is 11.8 Å². The van der Waals surface area contributed by atoms with Crippen molar-refractivity contribution in [2.75, 3.05) is 6.61 Å². The van der Waals surface area contributed by atoms with Crippen molar-refractivity contribution in [3.05, 3.63) is 41.6 Å². The van der Waals surface area contributed by atoms with Crippen molar-refractivity contribution in [2.45, 2.75) is 33.4 Å². The molecular formula is C16H20N2O3. The zero-order chi connectivity index (χ0) is 15.7. The highest BCUT2D eigenvalue weighted by molar-refractivity contribution is 5.92. The molecule has 0 heterocycles. The van der Waals surface area contributed by atoms with Crippen LogP contribution in [0.2, 0.25) is 0 Å². The van der Waals surface area contributed by atoms with Gasteiger partial charge in [0.05, 0.1) is 12.7 Å². The second kappa shape index (κ2) is 8.64. The third kappa shape index (κ3) is 6.00. The fourth-order valence-electron chi connectivity index (χ4n) is 1.57. The number of rotatable bonds is 7. The van der Waals surface area contributed by atoms with Crippen LogP contribution in [0.25, 0.3) is 0 Å². The summed E-state index contributed by atoms with van der Waals surface area (Å²) in [5.74, 6) is 0.196. The van der Waals surface area contributed by atoms with E-state index in [1.807, 2.05) is 44.2 Å². The van der Waals surface area contributed by atoms with E-state index in [-0.39, 0.29) is 18.3 Å². The minimum Gasteiger partial charge on any atom is -0.491 e. The SMILES string of the molecule is CCOC(=O)/C(C#N)=C\NCc1ccc(OC(C)C)cc1. The van der Waals surface area contributed by atoms with Gasteiger partial charge in [0.15, 0.2) is 5.57 Å². The average molecular weight is 288 g/mol. The molecule has 0 fully saturated rings. The van der Waals surface area contributed by atoms with Crippen LogP contribution in [0.5, 0.6) is 5.75 Å². The minimum absolute atomic E-state index is 0.0448. The minimum atomic E-state index is -0.617. The summed E-state index contributed by atoms with van der Waals surface area (Å²) < 4.78 is 10.3. The highest BCUT2D eigenvalue weighted by Gasteiger charge is 2.08. The van der Waals surface area contributed by atoms with Gasteiger partial charge in [0, 0.05) is 12.7 Å². The number of hydrogen-bond donors (Lipinski definition) is 1. The number of esters is 1. The maximum Gasteiger partial charge on any atom is 0.350 e. The van der Waals surface area contributed by atoms with Crippen LogP contribution < -0.4 is 10.1 Å². The summed E-state index contributed by atoms with van der Waals surface area (Å²) in [5.41, 5.74) is 0.972. The number of nitrogens with one attached hydrogen (secondary N) is 1. The topological polar surface area (TPSA) is 71.4 Å². The molecule has 1 aromatic rings. The molecule has 0 aliphatic rings. The van der Waals surface area contributed by atoms with Crippen molar-refractivity contribution in [3.8, 4) is 11.8 Å². The zero-order valence-corrected chi connectivity index (χ0v) is 12.6. The first kappa shape index (κ1) is 16.6. The summed E-state index contributed by atoms with van der Waals surface area (Å²) in [6.45, 7) is 6.39. The number of carbonyl (C=O) groups is 1. The summed E-state index contributed by atoms with van der Waals surface area (Å²) in [6, 6.07) is 9.43. The molecule has 0 spiro atoms. The lowest BCUT2D eigenvalue weighted by Gasteiger charge is -2.10. The molecule has 0 saturated carbocycles.